The Balaban J connectivity index is 2.14. The maximum Gasteiger partial charge on any atom is 0.187 e. The summed E-state index contributed by atoms with van der Waals surface area (Å²) in [6.45, 7) is -0.441. The van der Waals surface area contributed by atoms with E-state index < -0.39 is 29.9 Å². The van der Waals surface area contributed by atoms with E-state index in [-0.39, 0.29) is 5.76 Å². The lowest BCUT2D eigenvalue weighted by Gasteiger charge is -2.29. The van der Waals surface area contributed by atoms with E-state index in [2.05, 4.69) is 15.9 Å². The fourth-order valence-electron chi connectivity index (χ4n) is 2.71. The lowest BCUT2D eigenvalue weighted by molar-refractivity contribution is -0.0780. The van der Waals surface area contributed by atoms with E-state index in [9.17, 15) is 14.6 Å². The van der Waals surface area contributed by atoms with Crippen molar-refractivity contribution in [3.63, 3.8) is 0 Å². The van der Waals surface area contributed by atoms with E-state index in [0.29, 0.717) is 15.6 Å². The van der Waals surface area contributed by atoms with Crippen LogP contribution in [-0.4, -0.2) is 34.5 Å². The molecule has 2 aliphatic rings. The predicted molar refractivity (Wildman–Crippen MR) is 80.9 cm³/mol. The van der Waals surface area contributed by atoms with Gasteiger partial charge in [0.1, 0.15) is 23.4 Å². The number of aliphatic hydroxyl groups is 2. The van der Waals surface area contributed by atoms with Crippen LogP contribution in [0.1, 0.15) is 5.56 Å². The quantitative estimate of drug-likeness (QED) is 0.782. The zero-order chi connectivity index (χ0) is 15.2. The monoisotopic (exact) mass is 374 g/mol. The third-order valence-corrected chi connectivity index (χ3v) is 5.50. The molecule has 1 saturated heterocycles. The summed E-state index contributed by atoms with van der Waals surface area (Å²) in [6, 6.07) is 8.88. The summed E-state index contributed by atoms with van der Waals surface area (Å²) >= 11 is 9.22. The highest BCUT2D eigenvalue weighted by atomic mass is 79.9. The molecule has 4 atom stereocenters. The van der Waals surface area contributed by atoms with Crippen molar-refractivity contribution < 1.29 is 19.3 Å². The second-order valence-electron chi connectivity index (χ2n) is 5.06. The molecule has 0 spiro atoms. The third kappa shape index (κ3) is 2.14. The zero-order valence-electron chi connectivity index (χ0n) is 10.8. The molecule has 1 fully saturated rings. The van der Waals surface area contributed by atoms with Crippen molar-refractivity contribution >= 4 is 27.5 Å². The molecule has 1 aromatic rings. The first-order valence-electron chi connectivity index (χ1n) is 6.44. The Kier molecular flexibility index (Phi) is 3.86. The molecule has 0 saturated carbocycles. The molecule has 2 N–H and O–H groups in total. The zero-order valence-corrected chi connectivity index (χ0v) is 13.2. The normalized spacial score (nSPS) is 35.3. The molecule has 1 aliphatic carbocycles. The first-order chi connectivity index (χ1) is 10.0. The van der Waals surface area contributed by atoms with E-state index in [1.165, 1.54) is 6.08 Å². The standard InChI is InChI=1S/C15H13BrClFO3/c16-12-11-10(6-9(18)13(12)17)21-15(7-19,14(11)20)8-4-2-1-3-5-8/h1-6,9,13-14,19-20H,7H2/t9?,13?,14-,15+/m0/s1. The number of aliphatic hydroxyl groups excluding tert-OH is 2. The molecule has 21 heavy (non-hydrogen) atoms. The van der Waals surface area contributed by atoms with E-state index in [1.807, 2.05) is 6.07 Å². The molecule has 1 aromatic carbocycles. The number of hydrogen-bond acceptors (Lipinski definition) is 3. The highest BCUT2D eigenvalue weighted by Crippen LogP contribution is 2.50. The molecule has 3 nitrogen and oxygen atoms in total. The van der Waals surface area contributed by atoms with Crippen molar-refractivity contribution in [1.82, 2.24) is 0 Å². The molecule has 0 bridgehead atoms. The molecule has 112 valence electrons. The minimum absolute atomic E-state index is 0.219. The third-order valence-electron chi connectivity index (χ3n) is 3.86. The van der Waals surface area contributed by atoms with Crippen molar-refractivity contribution in [2.45, 2.75) is 23.3 Å². The van der Waals surface area contributed by atoms with Crippen molar-refractivity contribution in [2.75, 3.05) is 6.61 Å². The Hall–Kier alpha value is -0.880. The van der Waals surface area contributed by atoms with Gasteiger partial charge in [-0.1, -0.05) is 46.3 Å². The highest BCUT2D eigenvalue weighted by Gasteiger charge is 2.54. The van der Waals surface area contributed by atoms with Crippen LogP contribution in [0.3, 0.4) is 0 Å². The Morgan fingerprint density at radius 3 is 2.62 bits per heavy atom. The number of hydrogen-bond donors (Lipinski definition) is 2. The number of benzene rings is 1. The summed E-state index contributed by atoms with van der Waals surface area (Å²) in [5, 5.41) is 19.6. The molecule has 1 aliphatic heterocycles. The van der Waals surface area contributed by atoms with Crippen molar-refractivity contribution in [2.24, 2.45) is 0 Å². The van der Waals surface area contributed by atoms with E-state index >= 15 is 0 Å². The first kappa shape index (κ1) is 15.0. The fraction of sp³-hybridized carbons (Fsp3) is 0.333. The molecule has 6 heteroatoms. The van der Waals surface area contributed by atoms with Crippen LogP contribution >= 0.6 is 27.5 Å². The van der Waals surface area contributed by atoms with Gasteiger partial charge in [-0.2, -0.15) is 0 Å². The van der Waals surface area contributed by atoms with Crippen LogP contribution < -0.4 is 0 Å². The van der Waals surface area contributed by atoms with Crippen LogP contribution in [0, 0.1) is 0 Å². The van der Waals surface area contributed by atoms with Crippen LogP contribution in [0.2, 0.25) is 0 Å². The molecular weight excluding hydrogens is 363 g/mol. The fourth-order valence-corrected chi connectivity index (χ4v) is 3.57. The van der Waals surface area contributed by atoms with Gasteiger partial charge in [0.2, 0.25) is 0 Å². The molecule has 1 heterocycles. The number of fused-ring (bicyclic) bond motifs is 1. The predicted octanol–water partition coefficient (Wildman–Crippen LogP) is 2.76. The van der Waals surface area contributed by atoms with Gasteiger partial charge in [-0.3, -0.25) is 0 Å². The summed E-state index contributed by atoms with van der Waals surface area (Å²) in [5.41, 5.74) is -0.339. The van der Waals surface area contributed by atoms with Gasteiger partial charge < -0.3 is 14.9 Å². The van der Waals surface area contributed by atoms with Crippen molar-refractivity contribution in [3.05, 3.63) is 57.8 Å². The van der Waals surface area contributed by atoms with Crippen LogP contribution in [0.4, 0.5) is 4.39 Å². The lowest BCUT2D eigenvalue weighted by Crippen LogP contribution is -2.40. The van der Waals surface area contributed by atoms with Crippen LogP contribution in [0.25, 0.3) is 0 Å². The highest BCUT2D eigenvalue weighted by molar-refractivity contribution is 9.11. The number of alkyl halides is 2. The number of ether oxygens (including phenoxy) is 1. The summed E-state index contributed by atoms with van der Waals surface area (Å²) in [7, 11) is 0. The number of rotatable bonds is 2. The van der Waals surface area contributed by atoms with E-state index in [1.54, 1.807) is 24.3 Å². The van der Waals surface area contributed by atoms with Gasteiger partial charge in [0.25, 0.3) is 0 Å². The molecule has 0 amide bonds. The average Bonchev–Trinajstić information content (AvgIpc) is 2.79. The van der Waals surface area contributed by atoms with E-state index in [4.69, 9.17) is 16.3 Å². The van der Waals surface area contributed by atoms with Gasteiger partial charge in [-0.25, -0.2) is 4.39 Å². The second-order valence-corrected chi connectivity index (χ2v) is 6.38. The van der Waals surface area contributed by atoms with Crippen molar-refractivity contribution in [1.29, 1.82) is 0 Å². The van der Waals surface area contributed by atoms with Crippen LogP contribution in [0.5, 0.6) is 0 Å². The lowest BCUT2D eigenvalue weighted by atomic mass is 9.86. The Morgan fingerprint density at radius 1 is 1.33 bits per heavy atom. The second kappa shape index (κ2) is 5.39. The molecular formula is C15H13BrClFO3. The number of allylic oxidation sites excluding steroid dienone is 2. The van der Waals surface area contributed by atoms with Crippen molar-refractivity contribution in [3.8, 4) is 0 Å². The van der Waals surface area contributed by atoms with Gasteiger partial charge in [0.05, 0.1) is 6.61 Å². The molecule has 3 rings (SSSR count). The Morgan fingerprint density at radius 2 is 2.00 bits per heavy atom. The number of halogens is 3. The van der Waals surface area contributed by atoms with E-state index in [0.717, 1.165) is 0 Å². The maximum atomic E-state index is 13.9. The van der Waals surface area contributed by atoms with Crippen LogP contribution in [0.15, 0.2) is 52.2 Å². The van der Waals surface area contributed by atoms with Gasteiger partial charge in [0.15, 0.2) is 5.60 Å². The van der Waals surface area contributed by atoms with Gasteiger partial charge in [0, 0.05) is 15.6 Å². The first-order valence-corrected chi connectivity index (χ1v) is 7.67. The summed E-state index contributed by atoms with van der Waals surface area (Å²) < 4.78 is 20.0. The molecule has 0 aromatic heterocycles. The minimum Gasteiger partial charge on any atom is -0.477 e. The largest absolute Gasteiger partial charge is 0.477 e. The smallest absolute Gasteiger partial charge is 0.187 e. The SMILES string of the molecule is OC[C@]1(c2ccccc2)OC2=CC(F)C(Cl)C(Br)=C2[C@@H]1O. The maximum absolute atomic E-state index is 13.9. The summed E-state index contributed by atoms with van der Waals surface area (Å²) in [5.74, 6) is 0.219. The molecule has 2 unspecified atom stereocenters. The Labute approximate surface area is 134 Å². The average molecular weight is 376 g/mol. The van der Waals surface area contributed by atoms with Gasteiger partial charge in [-0.15, -0.1) is 11.6 Å². The summed E-state index contributed by atoms with van der Waals surface area (Å²) in [4.78, 5) is 0. The van der Waals surface area contributed by atoms with Gasteiger partial charge in [-0.05, 0) is 6.08 Å². The Bertz CT molecular complexity index is 619. The summed E-state index contributed by atoms with van der Waals surface area (Å²) in [6.07, 6.45) is -1.32. The minimum atomic E-state index is -1.42. The molecule has 0 radical (unpaired) electrons. The van der Waals surface area contributed by atoms with Gasteiger partial charge >= 0.3 is 0 Å². The topological polar surface area (TPSA) is 49.7 Å². The van der Waals surface area contributed by atoms with Crippen LogP contribution in [-0.2, 0) is 10.3 Å².